The fraction of sp³-hybridized carbons (Fsp3) is 0.417. The molecule has 2 rings (SSSR count). The van der Waals surface area contributed by atoms with E-state index < -0.39 is 0 Å². The van der Waals surface area contributed by atoms with Crippen LogP contribution in [0.15, 0.2) is 22.7 Å². The summed E-state index contributed by atoms with van der Waals surface area (Å²) in [5.74, 6) is 0.763. The number of ether oxygens (including phenoxy) is 2. The molecule has 1 saturated heterocycles. The monoisotopic (exact) mass is 284 g/mol. The Kier molecular flexibility index (Phi) is 3.30. The molecular weight excluding hydrogens is 272 g/mol. The summed E-state index contributed by atoms with van der Waals surface area (Å²) in [7, 11) is 0. The lowest BCUT2D eigenvalue weighted by atomic mass is 9.90. The summed E-state index contributed by atoms with van der Waals surface area (Å²) in [4.78, 5) is 10.6. The molecule has 1 heterocycles. The number of halogens is 1. The zero-order valence-electron chi connectivity index (χ0n) is 9.03. The highest BCUT2D eigenvalue weighted by atomic mass is 79.9. The molecule has 1 fully saturated rings. The van der Waals surface area contributed by atoms with E-state index in [-0.39, 0.29) is 5.41 Å². The number of rotatable bonds is 4. The maximum atomic E-state index is 10.6. The molecule has 0 aromatic heterocycles. The molecule has 0 amide bonds. The average Bonchev–Trinajstić information content (AvgIpc) is 2.25. The minimum atomic E-state index is 0.128. The molecule has 0 saturated carbocycles. The highest BCUT2D eigenvalue weighted by Crippen LogP contribution is 2.30. The quantitative estimate of drug-likeness (QED) is 0.798. The maximum absolute atomic E-state index is 10.6. The molecule has 0 atom stereocenters. The number of hydrogen-bond donors (Lipinski definition) is 0. The third-order valence-electron chi connectivity index (χ3n) is 2.57. The maximum Gasteiger partial charge on any atom is 0.150 e. The molecule has 0 aliphatic carbocycles. The highest BCUT2D eigenvalue weighted by molar-refractivity contribution is 9.10. The fourth-order valence-electron chi connectivity index (χ4n) is 1.49. The van der Waals surface area contributed by atoms with E-state index in [1.807, 2.05) is 0 Å². The Morgan fingerprint density at radius 1 is 1.56 bits per heavy atom. The van der Waals surface area contributed by atoms with Crippen LogP contribution in [0, 0.1) is 5.41 Å². The van der Waals surface area contributed by atoms with E-state index in [9.17, 15) is 4.79 Å². The molecule has 1 aromatic carbocycles. The van der Waals surface area contributed by atoms with Crippen LogP contribution in [-0.2, 0) is 4.74 Å². The van der Waals surface area contributed by atoms with Crippen molar-refractivity contribution in [2.75, 3.05) is 19.8 Å². The van der Waals surface area contributed by atoms with Crippen molar-refractivity contribution in [3.63, 3.8) is 0 Å². The molecule has 0 radical (unpaired) electrons. The molecular formula is C12H13BrO3. The summed E-state index contributed by atoms with van der Waals surface area (Å²) >= 11 is 3.38. The second-order valence-electron chi connectivity index (χ2n) is 4.40. The van der Waals surface area contributed by atoms with Gasteiger partial charge in [-0.05, 0) is 34.1 Å². The van der Waals surface area contributed by atoms with Gasteiger partial charge in [0.15, 0.2) is 0 Å². The lowest BCUT2D eigenvalue weighted by Gasteiger charge is -2.37. The van der Waals surface area contributed by atoms with Crippen molar-refractivity contribution >= 4 is 22.2 Å². The Morgan fingerprint density at radius 3 is 2.81 bits per heavy atom. The molecule has 0 spiro atoms. The predicted octanol–water partition coefficient (Wildman–Crippen LogP) is 2.68. The molecule has 0 bridgehead atoms. The number of carbonyl (C=O) groups excluding carboxylic acids is 1. The zero-order valence-corrected chi connectivity index (χ0v) is 10.6. The van der Waals surface area contributed by atoms with Crippen LogP contribution in [0.1, 0.15) is 17.3 Å². The highest BCUT2D eigenvalue weighted by Gasteiger charge is 2.34. The van der Waals surface area contributed by atoms with Crippen LogP contribution < -0.4 is 4.74 Å². The van der Waals surface area contributed by atoms with Crippen LogP contribution in [0.3, 0.4) is 0 Å². The molecule has 1 aliphatic heterocycles. The fourth-order valence-corrected chi connectivity index (χ4v) is 2.00. The van der Waals surface area contributed by atoms with Crippen molar-refractivity contribution < 1.29 is 14.3 Å². The predicted molar refractivity (Wildman–Crippen MR) is 64.0 cm³/mol. The van der Waals surface area contributed by atoms with Crippen LogP contribution >= 0.6 is 15.9 Å². The minimum Gasteiger partial charge on any atom is -0.492 e. The van der Waals surface area contributed by atoms with Gasteiger partial charge >= 0.3 is 0 Å². The lowest BCUT2D eigenvalue weighted by molar-refractivity contribution is -0.120. The van der Waals surface area contributed by atoms with Gasteiger partial charge in [0, 0.05) is 11.0 Å². The summed E-state index contributed by atoms with van der Waals surface area (Å²) < 4.78 is 11.7. The Balaban J connectivity index is 2.01. The topological polar surface area (TPSA) is 35.5 Å². The minimum absolute atomic E-state index is 0.128. The van der Waals surface area contributed by atoms with Crippen LogP contribution in [0.4, 0.5) is 0 Å². The van der Waals surface area contributed by atoms with E-state index in [2.05, 4.69) is 22.9 Å². The molecule has 86 valence electrons. The van der Waals surface area contributed by atoms with E-state index in [1.165, 1.54) is 0 Å². The number of benzene rings is 1. The van der Waals surface area contributed by atoms with E-state index in [4.69, 9.17) is 9.47 Å². The zero-order chi connectivity index (χ0) is 11.6. The second kappa shape index (κ2) is 4.55. The van der Waals surface area contributed by atoms with Crippen LogP contribution in [0.5, 0.6) is 5.75 Å². The van der Waals surface area contributed by atoms with Crippen LogP contribution in [0.2, 0.25) is 0 Å². The van der Waals surface area contributed by atoms with Gasteiger partial charge in [-0.3, -0.25) is 4.79 Å². The molecule has 0 N–H and O–H groups in total. The summed E-state index contributed by atoms with van der Waals surface area (Å²) in [5, 5.41) is 0. The summed E-state index contributed by atoms with van der Waals surface area (Å²) in [6, 6.07) is 5.30. The SMILES string of the molecule is CC1(COc2ccc(C=O)cc2Br)COC1. The summed E-state index contributed by atoms with van der Waals surface area (Å²) in [6.07, 6.45) is 0.815. The van der Waals surface area contributed by atoms with Gasteiger partial charge in [-0.1, -0.05) is 6.92 Å². The van der Waals surface area contributed by atoms with Gasteiger partial charge < -0.3 is 9.47 Å². The van der Waals surface area contributed by atoms with Gasteiger partial charge in [0.25, 0.3) is 0 Å². The summed E-state index contributed by atoms with van der Waals surface area (Å²) in [5.41, 5.74) is 0.764. The van der Waals surface area contributed by atoms with E-state index in [0.29, 0.717) is 12.2 Å². The normalized spacial score (nSPS) is 17.6. The molecule has 16 heavy (non-hydrogen) atoms. The lowest BCUT2D eigenvalue weighted by Crippen LogP contribution is -2.44. The molecule has 1 aliphatic rings. The molecule has 4 heteroatoms. The average molecular weight is 285 g/mol. The Labute approximate surface area is 103 Å². The van der Waals surface area contributed by atoms with Crippen molar-refractivity contribution in [3.05, 3.63) is 28.2 Å². The number of hydrogen-bond acceptors (Lipinski definition) is 3. The molecule has 0 unspecified atom stereocenters. The Morgan fingerprint density at radius 2 is 2.31 bits per heavy atom. The first kappa shape index (κ1) is 11.6. The van der Waals surface area contributed by atoms with Crippen molar-refractivity contribution in [1.29, 1.82) is 0 Å². The van der Waals surface area contributed by atoms with Gasteiger partial charge in [-0.25, -0.2) is 0 Å². The molecule has 3 nitrogen and oxygen atoms in total. The standard InChI is InChI=1S/C12H13BrO3/c1-12(6-15-7-12)8-16-11-3-2-9(5-14)4-10(11)13/h2-5H,6-8H2,1H3. The Bertz CT molecular complexity index is 399. The third-order valence-corrected chi connectivity index (χ3v) is 3.19. The Hall–Kier alpha value is -0.870. The first-order chi connectivity index (χ1) is 7.63. The number of aldehydes is 1. The van der Waals surface area contributed by atoms with Gasteiger partial charge in [0.05, 0.1) is 24.3 Å². The first-order valence-corrected chi connectivity index (χ1v) is 5.88. The van der Waals surface area contributed by atoms with Gasteiger partial charge in [0.1, 0.15) is 12.0 Å². The van der Waals surface area contributed by atoms with Crippen LogP contribution in [-0.4, -0.2) is 26.1 Å². The third kappa shape index (κ3) is 2.44. The van der Waals surface area contributed by atoms with Crippen molar-refractivity contribution in [1.82, 2.24) is 0 Å². The smallest absolute Gasteiger partial charge is 0.150 e. The first-order valence-electron chi connectivity index (χ1n) is 5.08. The van der Waals surface area contributed by atoms with E-state index in [0.717, 1.165) is 29.7 Å². The molecule has 1 aromatic rings. The van der Waals surface area contributed by atoms with Crippen LogP contribution in [0.25, 0.3) is 0 Å². The van der Waals surface area contributed by atoms with Crippen molar-refractivity contribution in [2.45, 2.75) is 6.92 Å². The second-order valence-corrected chi connectivity index (χ2v) is 5.25. The van der Waals surface area contributed by atoms with Gasteiger partial charge in [-0.15, -0.1) is 0 Å². The summed E-state index contributed by atoms with van der Waals surface area (Å²) in [6.45, 7) is 4.25. The van der Waals surface area contributed by atoms with Crippen molar-refractivity contribution in [3.8, 4) is 5.75 Å². The van der Waals surface area contributed by atoms with E-state index >= 15 is 0 Å². The number of carbonyl (C=O) groups is 1. The van der Waals surface area contributed by atoms with E-state index in [1.54, 1.807) is 18.2 Å². The van der Waals surface area contributed by atoms with Gasteiger partial charge in [0.2, 0.25) is 0 Å². The van der Waals surface area contributed by atoms with Gasteiger partial charge in [-0.2, -0.15) is 0 Å². The van der Waals surface area contributed by atoms with Crippen molar-refractivity contribution in [2.24, 2.45) is 5.41 Å². The largest absolute Gasteiger partial charge is 0.492 e.